The van der Waals surface area contributed by atoms with E-state index in [1.165, 1.54) is 12.3 Å². The topological polar surface area (TPSA) is 59.1 Å². The highest BCUT2D eigenvalue weighted by Crippen LogP contribution is 2.36. The molecule has 0 radical (unpaired) electrons. The summed E-state index contributed by atoms with van der Waals surface area (Å²) in [7, 11) is 0. The van der Waals surface area contributed by atoms with Crippen molar-refractivity contribution >= 4 is 56.8 Å². The maximum Gasteiger partial charge on any atom is 0.160 e. The number of phenolic OH excluding ortho intramolecular Hbond substituents is 1. The highest BCUT2D eigenvalue weighted by atomic mass is 79.9. The summed E-state index contributed by atoms with van der Waals surface area (Å²) in [5, 5.41) is 10.8. The molecule has 15 heavy (non-hydrogen) atoms. The van der Waals surface area contributed by atoms with E-state index in [1.807, 2.05) is 0 Å². The first-order chi connectivity index (χ1) is 6.59. The van der Waals surface area contributed by atoms with Crippen molar-refractivity contribution in [3.05, 3.63) is 28.4 Å². The fraction of sp³-hybridized carbons (Fsp3) is 0. The second kappa shape index (κ2) is 4.43. The molecule has 0 spiro atoms. The van der Waals surface area contributed by atoms with Crippen LogP contribution in [0.5, 0.6) is 5.75 Å². The Labute approximate surface area is 107 Å². The molecule has 80 valence electrons. The Kier molecular flexibility index (Phi) is 3.65. The summed E-state index contributed by atoms with van der Waals surface area (Å²) in [5.41, 5.74) is 6.39. The smallest absolute Gasteiger partial charge is 0.160 e. The number of nitrogens with zero attached hydrogens (tertiary/aromatic N) is 1. The van der Waals surface area contributed by atoms with Gasteiger partial charge in [-0.3, -0.25) is 4.98 Å². The zero-order valence-electron chi connectivity index (χ0n) is 7.37. The number of phenols is 1. The summed E-state index contributed by atoms with van der Waals surface area (Å²) in [4.78, 5) is 3.96. The number of rotatable bonds is 0. The molecule has 0 atom stereocenters. The molecule has 0 aliphatic heterocycles. The van der Waals surface area contributed by atoms with Crippen LogP contribution in [0.3, 0.4) is 0 Å². The van der Waals surface area contributed by atoms with Crippen molar-refractivity contribution in [3.63, 3.8) is 0 Å². The van der Waals surface area contributed by atoms with Crippen molar-refractivity contribution in [3.8, 4) is 5.75 Å². The fourth-order valence-electron chi connectivity index (χ4n) is 1.22. The molecule has 2 rings (SSSR count). The van der Waals surface area contributed by atoms with Gasteiger partial charge < -0.3 is 10.8 Å². The number of fused-ring (bicyclic) bond motifs is 1. The van der Waals surface area contributed by atoms with E-state index < -0.39 is 0 Å². The molecule has 0 saturated carbocycles. The summed E-state index contributed by atoms with van der Waals surface area (Å²) in [6.45, 7) is 0. The van der Waals surface area contributed by atoms with Crippen LogP contribution in [-0.4, -0.2) is 10.1 Å². The zero-order valence-corrected chi connectivity index (χ0v) is 10.6. The lowest BCUT2D eigenvalue weighted by Gasteiger charge is -2.04. The van der Waals surface area contributed by atoms with Crippen LogP contribution in [-0.2, 0) is 0 Å². The second-order valence-electron chi connectivity index (χ2n) is 2.85. The molecule has 6 heteroatoms. The van der Waals surface area contributed by atoms with Crippen LogP contribution in [0.4, 0.5) is 5.69 Å². The van der Waals surface area contributed by atoms with E-state index in [0.717, 1.165) is 0 Å². The molecule has 2 aromatic rings. The Morgan fingerprint density at radius 2 is 1.87 bits per heavy atom. The fourth-order valence-corrected chi connectivity index (χ4v) is 1.73. The Morgan fingerprint density at radius 1 is 1.20 bits per heavy atom. The molecular weight excluding hydrogens is 303 g/mol. The number of nitrogens with two attached hydrogens (primary N) is 1. The molecule has 0 fully saturated rings. The lowest BCUT2D eigenvalue weighted by molar-refractivity contribution is 0.480. The minimum Gasteiger partial charge on any atom is -0.504 e. The van der Waals surface area contributed by atoms with Crippen molar-refractivity contribution in [1.82, 2.24) is 4.98 Å². The molecule has 0 unspecified atom stereocenters. The van der Waals surface area contributed by atoms with Gasteiger partial charge in [-0.25, -0.2) is 0 Å². The van der Waals surface area contributed by atoms with Gasteiger partial charge in [-0.2, -0.15) is 0 Å². The predicted octanol–water partition coefficient (Wildman–Crippen LogP) is 3.41. The molecule has 0 saturated heterocycles. The third-order valence-electron chi connectivity index (χ3n) is 1.87. The van der Waals surface area contributed by atoms with E-state index in [2.05, 4.69) is 4.98 Å². The van der Waals surface area contributed by atoms with E-state index in [-0.39, 0.29) is 27.8 Å². The van der Waals surface area contributed by atoms with Crippen molar-refractivity contribution < 1.29 is 5.11 Å². The van der Waals surface area contributed by atoms with Crippen molar-refractivity contribution in [2.24, 2.45) is 0 Å². The molecule has 0 bridgehead atoms. The molecule has 3 N–H and O–H groups in total. The largest absolute Gasteiger partial charge is 0.504 e. The van der Waals surface area contributed by atoms with Crippen LogP contribution in [0, 0.1) is 0 Å². The van der Waals surface area contributed by atoms with E-state index >= 15 is 0 Å². The number of benzene rings is 1. The van der Waals surface area contributed by atoms with E-state index in [1.54, 1.807) is 6.07 Å². The molecule has 1 aromatic heterocycles. The van der Waals surface area contributed by atoms with Crippen LogP contribution in [0.2, 0.25) is 10.0 Å². The average molecular weight is 310 g/mol. The quantitative estimate of drug-likeness (QED) is 0.784. The zero-order chi connectivity index (χ0) is 10.3. The number of anilines is 1. The van der Waals surface area contributed by atoms with Crippen LogP contribution < -0.4 is 5.73 Å². The molecule has 1 aromatic carbocycles. The van der Waals surface area contributed by atoms with Crippen molar-refractivity contribution in [2.45, 2.75) is 0 Å². The summed E-state index contributed by atoms with van der Waals surface area (Å²) < 4.78 is 0. The van der Waals surface area contributed by atoms with Gasteiger partial charge in [0.2, 0.25) is 0 Å². The Balaban J connectivity index is 0.00000112. The SMILES string of the molecule is Br.Nc1cnc2c(O)c(Cl)cc(Cl)c2c1. The molecule has 0 aliphatic rings. The molecule has 0 aliphatic carbocycles. The number of aromatic hydroxyl groups is 1. The first kappa shape index (κ1) is 12.4. The van der Waals surface area contributed by atoms with Crippen molar-refractivity contribution in [2.75, 3.05) is 5.73 Å². The summed E-state index contributed by atoms with van der Waals surface area (Å²) >= 11 is 11.6. The van der Waals surface area contributed by atoms with Gasteiger partial charge in [-0.15, -0.1) is 17.0 Å². The predicted molar refractivity (Wildman–Crippen MR) is 68.2 cm³/mol. The van der Waals surface area contributed by atoms with Gasteiger partial charge in [0, 0.05) is 5.39 Å². The number of hydrogen-bond acceptors (Lipinski definition) is 3. The lowest BCUT2D eigenvalue weighted by Crippen LogP contribution is -1.88. The molecule has 0 amide bonds. The van der Waals surface area contributed by atoms with Gasteiger partial charge in [-0.05, 0) is 12.1 Å². The first-order valence-electron chi connectivity index (χ1n) is 3.82. The first-order valence-corrected chi connectivity index (χ1v) is 4.57. The Bertz CT molecular complexity index is 519. The molecule has 3 nitrogen and oxygen atoms in total. The molecular formula is C9H7BrCl2N2O. The van der Waals surface area contributed by atoms with Gasteiger partial charge >= 0.3 is 0 Å². The summed E-state index contributed by atoms with van der Waals surface area (Å²) in [6, 6.07) is 3.10. The van der Waals surface area contributed by atoms with Crippen LogP contribution in [0.15, 0.2) is 18.3 Å². The van der Waals surface area contributed by atoms with Gasteiger partial charge in [0.05, 0.1) is 21.9 Å². The Morgan fingerprint density at radius 3 is 2.53 bits per heavy atom. The van der Waals surface area contributed by atoms with Crippen LogP contribution >= 0.6 is 40.2 Å². The minimum atomic E-state index is -0.0777. The highest BCUT2D eigenvalue weighted by molar-refractivity contribution is 8.93. The number of aromatic nitrogens is 1. The monoisotopic (exact) mass is 308 g/mol. The van der Waals surface area contributed by atoms with Crippen LogP contribution in [0.1, 0.15) is 0 Å². The van der Waals surface area contributed by atoms with E-state index in [0.29, 0.717) is 21.6 Å². The number of nitrogen functional groups attached to an aromatic ring is 1. The highest BCUT2D eigenvalue weighted by Gasteiger charge is 2.10. The maximum atomic E-state index is 9.58. The molecule has 1 heterocycles. The van der Waals surface area contributed by atoms with E-state index in [4.69, 9.17) is 28.9 Å². The normalized spacial score (nSPS) is 10.0. The van der Waals surface area contributed by atoms with Gasteiger partial charge in [0.1, 0.15) is 5.52 Å². The standard InChI is InChI=1S/C9H6Cl2N2O.BrH/c10-6-2-7(11)9(14)8-5(6)1-4(12)3-13-8;/h1-3,14H,12H2;1H. The lowest BCUT2D eigenvalue weighted by atomic mass is 10.2. The average Bonchev–Trinajstić information content (AvgIpc) is 2.14. The third kappa shape index (κ3) is 2.12. The van der Waals surface area contributed by atoms with E-state index in [9.17, 15) is 5.11 Å². The van der Waals surface area contributed by atoms with Gasteiger partial charge in [0.25, 0.3) is 0 Å². The maximum absolute atomic E-state index is 9.58. The number of halogens is 3. The van der Waals surface area contributed by atoms with Crippen LogP contribution in [0.25, 0.3) is 10.9 Å². The second-order valence-corrected chi connectivity index (χ2v) is 3.67. The Hall–Kier alpha value is -0.710. The summed E-state index contributed by atoms with van der Waals surface area (Å²) in [6.07, 6.45) is 1.44. The van der Waals surface area contributed by atoms with Gasteiger partial charge in [0.15, 0.2) is 5.75 Å². The van der Waals surface area contributed by atoms with Crippen molar-refractivity contribution in [1.29, 1.82) is 0 Å². The third-order valence-corrected chi connectivity index (χ3v) is 2.47. The minimum absolute atomic E-state index is 0. The number of pyridine rings is 1. The summed E-state index contributed by atoms with van der Waals surface area (Å²) in [5.74, 6) is -0.0777. The van der Waals surface area contributed by atoms with Gasteiger partial charge in [-0.1, -0.05) is 23.2 Å². The number of hydrogen-bond donors (Lipinski definition) is 2.